The van der Waals surface area contributed by atoms with Gasteiger partial charge in [0.2, 0.25) is 0 Å². The van der Waals surface area contributed by atoms with Crippen LogP contribution in [0.3, 0.4) is 0 Å². The van der Waals surface area contributed by atoms with Crippen molar-refractivity contribution >= 4 is 0 Å². The van der Waals surface area contributed by atoms with Gasteiger partial charge in [0.25, 0.3) is 0 Å². The fourth-order valence-corrected chi connectivity index (χ4v) is 2.78. The lowest BCUT2D eigenvalue weighted by molar-refractivity contribution is 0.335. The fraction of sp³-hybridized carbons (Fsp3) is 1.00. The van der Waals surface area contributed by atoms with Crippen LogP contribution in [-0.4, -0.2) is 0 Å². The maximum absolute atomic E-state index is 2.44. The first-order chi connectivity index (χ1) is 4.36. The van der Waals surface area contributed by atoms with Crippen LogP contribution in [-0.2, 0) is 0 Å². The molecule has 2 bridgehead atoms. The lowest BCUT2D eigenvalue weighted by atomic mass is 9.88. The van der Waals surface area contributed by atoms with Crippen molar-refractivity contribution in [3.63, 3.8) is 0 Å². The van der Waals surface area contributed by atoms with Crippen molar-refractivity contribution in [1.82, 2.24) is 0 Å². The number of hydrogen-bond acceptors (Lipinski definition) is 0. The Morgan fingerprint density at radius 1 is 1.11 bits per heavy atom. The Morgan fingerprint density at radius 3 is 2.67 bits per heavy atom. The van der Waals surface area contributed by atoms with Crippen molar-refractivity contribution in [2.45, 2.75) is 39.0 Å². The van der Waals surface area contributed by atoms with Gasteiger partial charge in [0.15, 0.2) is 0 Å². The first-order valence-corrected chi connectivity index (χ1v) is 4.36. The van der Waals surface area contributed by atoms with E-state index in [-0.39, 0.29) is 0 Å². The van der Waals surface area contributed by atoms with Crippen LogP contribution in [0.1, 0.15) is 39.0 Å². The molecule has 2 aliphatic rings. The summed E-state index contributed by atoms with van der Waals surface area (Å²) in [4.78, 5) is 0. The number of fused-ring (bicyclic) bond motifs is 2. The predicted octanol–water partition coefficient (Wildman–Crippen LogP) is 2.83. The van der Waals surface area contributed by atoms with E-state index < -0.39 is 0 Å². The summed E-state index contributed by atoms with van der Waals surface area (Å²) in [5, 5.41) is 0. The summed E-state index contributed by atoms with van der Waals surface area (Å²) in [6.07, 6.45) is 7.73. The molecule has 0 aromatic heterocycles. The molecule has 0 spiro atoms. The molecule has 2 aliphatic carbocycles. The Balaban J connectivity index is 2.07. The van der Waals surface area contributed by atoms with Crippen LogP contribution in [0.2, 0.25) is 0 Å². The van der Waals surface area contributed by atoms with Gasteiger partial charge in [0, 0.05) is 0 Å². The summed E-state index contributed by atoms with van der Waals surface area (Å²) in [6, 6.07) is 0. The Bertz CT molecular complexity index is 105. The van der Waals surface area contributed by atoms with E-state index in [1.807, 2.05) is 0 Å². The molecule has 0 nitrogen and oxygen atoms in total. The highest BCUT2D eigenvalue weighted by molar-refractivity contribution is 4.84. The van der Waals surface area contributed by atoms with Gasteiger partial charge < -0.3 is 0 Å². The maximum atomic E-state index is 2.44. The molecule has 52 valence electrons. The van der Waals surface area contributed by atoms with Crippen molar-refractivity contribution in [3.05, 3.63) is 0 Å². The molecular weight excluding hydrogens is 108 g/mol. The second-order valence-corrected chi connectivity index (χ2v) is 4.01. The highest BCUT2D eigenvalue weighted by atomic mass is 14.4. The zero-order chi connectivity index (χ0) is 6.27. The lowest BCUT2D eigenvalue weighted by Crippen LogP contribution is -2.06. The van der Waals surface area contributed by atoms with Gasteiger partial charge in [0.05, 0.1) is 0 Å². The van der Waals surface area contributed by atoms with Crippen molar-refractivity contribution in [3.8, 4) is 0 Å². The quantitative estimate of drug-likeness (QED) is 0.466. The van der Waals surface area contributed by atoms with Crippen LogP contribution in [0, 0.1) is 17.8 Å². The molecule has 2 saturated carbocycles. The predicted molar refractivity (Wildman–Crippen MR) is 39.2 cm³/mol. The number of rotatable bonds is 0. The van der Waals surface area contributed by atoms with Crippen LogP contribution in [0.5, 0.6) is 0 Å². The van der Waals surface area contributed by atoms with Gasteiger partial charge in [-0.2, -0.15) is 0 Å². The molecule has 2 fully saturated rings. The Hall–Kier alpha value is 0. The normalized spacial score (nSPS) is 49.7. The summed E-state index contributed by atoms with van der Waals surface area (Å²) in [6.45, 7) is 2.44. The van der Waals surface area contributed by atoms with Gasteiger partial charge in [-0.15, -0.1) is 0 Å². The minimum absolute atomic E-state index is 1.07. The van der Waals surface area contributed by atoms with E-state index >= 15 is 0 Å². The first-order valence-electron chi connectivity index (χ1n) is 4.36. The molecule has 0 aromatic carbocycles. The summed E-state index contributed by atoms with van der Waals surface area (Å²) < 4.78 is 0. The molecule has 9 heavy (non-hydrogen) atoms. The zero-order valence-corrected chi connectivity index (χ0v) is 6.27. The summed E-state index contributed by atoms with van der Waals surface area (Å²) in [5.41, 5.74) is 0. The average molecular weight is 124 g/mol. The van der Waals surface area contributed by atoms with Crippen molar-refractivity contribution in [2.24, 2.45) is 17.8 Å². The van der Waals surface area contributed by atoms with Crippen LogP contribution in [0.4, 0.5) is 0 Å². The molecule has 0 heteroatoms. The third-order valence-electron chi connectivity index (χ3n) is 3.33. The van der Waals surface area contributed by atoms with E-state index in [1.165, 1.54) is 12.8 Å². The second kappa shape index (κ2) is 2.00. The fourth-order valence-electron chi connectivity index (χ4n) is 2.78. The van der Waals surface area contributed by atoms with Gasteiger partial charge in [-0.3, -0.25) is 0 Å². The van der Waals surface area contributed by atoms with E-state index in [4.69, 9.17) is 0 Å². The average Bonchev–Trinajstić information content (AvgIpc) is 2.09. The van der Waals surface area contributed by atoms with Crippen molar-refractivity contribution < 1.29 is 0 Å². The zero-order valence-electron chi connectivity index (χ0n) is 6.27. The Labute approximate surface area is 57.6 Å². The van der Waals surface area contributed by atoms with Crippen molar-refractivity contribution in [1.29, 1.82) is 0 Å². The third kappa shape index (κ3) is 0.889. The molecule has 3 atom stereocenters. The van der Waals surface area contributed by atoms with Gasteiger partial charge in [-0.05, 0) is 30.6 Å². The Morgan fingerprint density at radius 2 is 2.00 bits per heavy atom. The van der Waals surface area contributed by atoms with Crippen LogP contribution in [0.25, 0.3) is 0 Å². The highest BCUT2D eigenvalue weighted by Crippen LogP contribution is 2.45. The lowest BCUT2D eigenvalue weighted by Gasteiger charge is -2.18. The number of hydrogen-bond donors (Lipinski definition) is 0. The van der Waals surface area contributed by atoms with E-state index in [0.29, 0.717) is 0 Å². The van der Waals surface area contributed by atoms with Gasteiger partial charge >= 0.3 is 0 Å². The van der Waals surface area contributed by atoms with E-state index in [2.05, 4.69) is 6.92 Å². The molecule has 0 saturated heterocycles. The molecule has 2 rings (SSSR count). The first kappa shape index (κ1) is 5.76. The second-order valence-electron chi connectivity index (χ2n) is 4.01. The Kier molecular flexibility index (Phi) is 1.28. The van der Waals surface area contributed by atoms with Crippen LogP contribution in [0.15, 0.2) is 0 Å². The molecule has 0 heterocycles. The summed E-state index contributed by atoms with van der Waals surface area (Å²) in [5.74, 6) is 3.33. The van der Waals surface area contributed by atoms with E-state index in [1.54, 1.807) is 19.3 Å². The van der Waals surface area contributed by atoms with Crippen LogP contribution < -0.4 is 0 Å². The smallest absolute Gasteiger partial charge is 0.0386 e. The monoisotopic (exact) mass is 124 g/mol. The summed E-state index contributed by atoms with van der Waals surface area (Å²) in [7, 11) is 0. The van der Waals surface area contributed by atoms with Gasteiger partial charge in [-0.1, -0.05) is 26.2 Å². The third-order valence-corrected chi connectivity index (χ3v) is 3.33. The van der Waals surface area contributed by atoms with Gasteiger partial charge in [0.1, 0.15) is 0 Å². The molecule has 3 unspecified atom stereocenters. The minimum atomic E-state index is 1.07. The maximum Gasteiger partial charge on any atom is -0.0386 e. The van der Waals surface area contributed by atoms with Gasteiger partial charge in [-0.25, -0.2) is 0 Å². The molecule has 0 radical (unpaired) electrons. The molecular formula is C9H16. The highest BCUT2D eigenvalue weighted by Gasteiger charge is 2.33. The molecule has 0 amide bonds. The summed E-state index contributed by atoms with van der Waals surface area (Å²) >= 11 is 0. The van der Waals surface area contributed by atoms with Crippen LogP contribution >= 0.6 is 0 Å². The SMILES string of the molecule is CC1CC2CCCC1C2. The van der Waals surface area contributed by atoms with E-state index in [0.717, 1.165) is 17.8 Å². The van der Waals surface area contributed by atoms with E-state index in [9.17, 15) is 0 Å². The largest absolute Gasteiger partial charge is 0.0622 e. The van der Waals surface area contributed by atoms with Crippen molar-refractivity contribution in [2.75, 3.05) is 0 Å². The standard InChI is InChI=1S/C9H16/c1-7-5-8-3-2-4-9(7)6-8/h7-9H,2-6H2,1H3. The minimum Gasteiger partial charge on any atom is -0.0622 e. The molecule has 0 aliphatic heterocycles. The topological polar surface area (TPSA) is 0 Å². The molecule has 0 N–H and O–H groups in total. The molecule has 0 aromatic rings.